The van der Waals surface area contributed by atoms with E-state index in [4.69, 9.17) is 4.74 Å². The molecule has 1 fully saturated rings. The van der Waals surface area contributed by atoms with Gasteiger partial charge >= 0.3 is 0 Å². The van der Waals surface area contributed by atoms with Crippen molar-refractivity contribution in [1.29, 1.82) is 0 Å². The van der Waals surface area contributed by atoms with Gasteiger partial charge in [-0.25, -0.2) is 8.42 Å². The Bertz CT molecular complexity index is 1330. The molecule has 2 amide bonds. The maximum Gasteiger partial charge on any atom is 0.264 e. The SMILES string of the molecule is CCOc1ccc(S(=O)(=O)N(CC(=O)NCc2cccc(CN3CCCC3=O)c2)c2ccccc2)cc1. The lowest BCUT2D eigenvalue weighted by Gasteiger charge is -2.24. The molecule has 0 unspecified atom stereocenters. The molecule has 0 spiro atoms. The van der Waals surface area contributed by atoms with Crippen molar-refractivity contribution >= 4 is 27.5 Å². The van der Waals surface area contributed by atoms with Crippen molar-refractivity contribution < 1.29 is 22.7 Å². The molecule has 1 aliphatic heterocycles. The highest BCUT2D eigenvalue weighted by Crippen LogP contribution is 2.25. The summed E-state index contributed by atoms with van der Waals surface area (Å²) in [5.74, 6) is 0.300. The standard InChI is InChI=1S/C28H31N3O5S/c1-2-36-25-13-15-26(16-14-25)37(34,35)31(24-10-4-3-5-11-24)21-27(32)29-19-22-8-6-9-23(18-22)20-30-17-7-12-28(30)33/h3-6,8-11,13-16,18H,2,7,12,17,19-21H2,1H3,(H,29,32). The van der Waals surface area contributed by atoms with E-state index in [-0.39, 0.29) is 23.9 Å². The molecule has 0 bridgehead atoms. The van der Waals surface area contributed by atoms with Gasteiger partial charge in [0.05, 0.1) is 17.2 Å². The van der Waals surface area contributed by atoms with Crippen LogP contribution in [0.1, 0.15) is 30.9 Å². The lowest BCUT2D eigenvalue weighted by Crippen LogP contribution is -2.40. The number of rotatable bonds is 11. The van der Waals surface area contributed by atoms with E-state index < -0.39 is 15.9 Å². The summed E-state index contributed by atoms with van der Waals surface area (Å²) in [6.07, 6.45) is 1.47. The molecule has 1 aliphatic rings. The molecule has 0 saturated carbocycles. The van der Waals surface area contributed by atoms with Gasteiger partial charge in [0.1, 0.15) is 12.3 Å². The van der Waals surface area contributed by atoms with Gasteiger partial charge in [0.25, 0.3) is 10.0 Å². The molecule has 37 heavy (non-hydrogen) atoms. The average Bonchev–Trinajstić information content (AvgIpc) is 3.31. The van der Waals surface area contributed by atoms with E-state index in [0.717, 1.165) is 28.4 Å². The number of ether oxygens (including phenoxy) is 1. The Morgan fingerprint density at radius 2 is 1.73 bits per heavy atom. The van der Waals surface area contributed by atoms with E-state index in [1.54, 1.807) is 42.5 Å². The van der Waals surface area contributed by atoms with Crippen LogP contribution in [0.3, 0.4) is 0 Å². The summed E-state index contributed by atoms with van der Waals surface area (Å²) in [5, 5.41) is 2.83. The van der Waals surface area contributed by atoms with Gasteiger partial charge in [0.15, 0.2) is 0 Å². The minimum atomic E-state index is -4.01. The van der Waals surface area contributed by atoms with Crippen molar-refractivity contribution in [2.45, 2.75) is 37.8 Å². The maximum absolute atomic E-state index is 13.5. The molecule has 4 rings (SSSR count). The number of nitrogens with one attached hydrogen (secondary N) is 1. The summed E-state index contributed by atoms with van der Waals surface area (Å²) in [7, 11) is -4.01. The van der Waals surface area contributed by atoms with Gasteiger partial charge in [-0.1, -0.05) is 42.5 Å². The summed E-state index contributed by atoms with van der Waals surface area (Å²) in [6.45, 7) is 3.50. The second-order valence-corrected chi connectivity index (χ2v) is 10.6. The van der Waals surface area contributed by atoms with E-state index in [0.29, 0.717) is 31.0 Å². The van der Waals surface area contributed by atoms with Gasteiger partial charge < -0.3 is 15.0 Å². The number of nitrogens with zero attached hydrogens (tertiary/aromatic N) is 2. The Kier molecular flexibility index (Phi) is 8.45. The molecule has 3 aromatic rings. The van der Waals surface area contributed by atoms with Crippen LogP contribution in [-0.4, -0.2) is 44.8 Å². The summed E-state index contributed by atoms with van der Waals surface area (Å²) < 4.78 is 33.6. The van der Waals surface area contributed by atoms with Crippen LogP contribution in [-0.2, 0) is 32.7 Å². The third-order valence-corrected chi connectivity index (χ3v) is 7.87. The minimum Gasteiger partial charge on any atom is -0.494 e. The number of carbonyl (C=O) groups is 2. The fraction of sp³-hybridized carbons (Fsp3) is 0.286. The van der Waals surface area contributed by atoms with Gasteiger partial charge in [0.2, 0.25) is 11.8 Å². The summed E-state index contributed by atoms with van der Waals surface area (Å²) >= 11 is 0. The highest BCUT2D eigenvalue weighted by Gasteiger charge is 2.27. The molecule has 0 aliphatic carbocycles. The molecule has 0 aromatic heterocycles. The smallest absolute Gasteiger partial charge is 0.264 e. The van der Waals surface area contributed by atoms with Crippen LogP contribution in [0, 0.1) is 0 Å². The Labute approximate surface area is 217 Å². The Morgan fingerprint density at radius 1 is 1.00 bits per heavy atom. The second-order valence-electron chi connectivity index (χ2n) is 8.77. The molecule has 1 N–H and O–H groups in total. The highest BCUT2D eigenvalue weighted by molar-refractivity contribution is 7.92. The van der Waals surface area contributed by atoms with Gasteiger partial charge in [-0.05, 0) is 60.9 Å². The van der Waals surface area contributed by atoms with Crippen LogP contribution in [0.4, 0.5) is 5.69 Å². The number of para-hydroxylation sites is 1. The second kappa shape index (κ2) is 11.9. The van der Waals surface area contributed by atoms with Gasteiger partial charge in [-0.2, -0.15) is 0 Å². The van der Waals surface area contributed by atoms with Gasteiger partial charge in [0, 0.05) is 26.1 Å². The zero-order valence-electron chi connectivity index (χ0n) is 20.8. The number of carbonyl (C=O) groups excluding carboxylic acids is 2. The fourth-order valence-electron chi connectivity index (χ4n) is 4.23. The number of sulfonamides is 1. The Balaban J connectivity index is 1.46. The van der Waals surface area contributed by atoms with Crippen molar-refractivity contribution in [3.05, 3.63) is 90.0 Å². The number of anilines is 1. The number of benzene rings is 3. The molecule has 3 aromatic carbocycles. The summed E-state index contributed by atoms with van der Waals surface area (Å²) in [5.41, 5.74) is 2.26. The fourth-order valence-corrected chi connectivity index (χ4v) is 5.65. The van der Waals surface area contributed by atoms with Crippen LogP contribution in [0.2, 0.25) is 0 Å². The largest absolute Gasteiger partial charge is 0.494 e. The van der Waals surface area contributed by atoms with Crippen LogP contribution in [0.15, 0.2) is 83.8 Å². The number of hydrogen-bond acceptors (Lipinski definition) is 5. The molecule has 0 atom stereocenters. The van der Waals surface area contributed by atoms with Crippen molar-refractivity contribution in [1.82, 2.24) is 10.2 Å². The van der Waals surface area contributed by atoms with E-state index in [2.05, 4.69) is 5.32 Å². The average molecular weight is 522 g/mol. The van der Waals surface area contributed by atoms with Crippen LogP contribution < -0.4 is 14.4 Å². The van der Waals surface area contributed by atoms with E-state index in [9.17, 15) is 18.0 Å². The first-order chi connectivity index (χ1) is 17.9. The van der Waals surface area contributed by atoms with Gasteiger partial charge in [-0.15, -0.1) is 0 Å². The Hall–Kier alpha value is -3.85. The predicted octanol–water partition coefficient (Wildman–Crippen LogP) is 3.72. The topological polar surface area (TPSA) is 96.0 Å². The van der Waals surface area contributed by atoms with E-state index in [1.165, 1.54) is 12.1 Å². The highest BCUT2D eigenvalue weighted by atomic mass is 32.2. The molecule has 9 heteroatoms. The van der Waals surface area contributed by atoms with Crippen LogP contribution in [0.5, 0.6) is 5.75 Å². The monoisotopic (exact) mass is 521 g/mol. The first-order valence-corrected chi connectivity index (χ1v) is 13.7. The predicted molar refractivity (Wildman–Crippen MR) is 142 cm³/mol. The maximum atomic E-state index is 13.5. The minimum absolute atomic E-state index is 0.0665. The Morgan fingerprint density at radius 3 is 2.41 bits per heavy atom. The molecule has 8 nitrogen and oxygen atoms in total. The molecular weight excluding hydrogens is 490 g/mol. The van der Waals surface area contributed by atoms with E-state index in [1.807, 2.05) is 36.1 Å². The molecular formula is C28H31N3O5S. The zero-order valence-corrected chi connectivity index (χ0v) is 21.6. The third-order valence-electron chi connectivity index (χ3n) is 6.08. The first-order valence-electron chi connectivity index (χ1n) is 12.3. The molecule has 1 heterocycles. The quantitative estimate of drug-likeness (QED) is 0.415. The lowest BCUT2D eigenvalue weighted by atomic mass is 10.1. The summed E-state index contributed by atoms with van der Waals surface area (Å²) in [6, 6.07) is 22.4. The molecule has 194 valence electrons. The zero-order chi connectivity index (χ0) is 26.3. The van der Waals surface area contributed by atoms with Gasteiger partial charge in [-0.3, -0.25) is 13.9 Å². The summed E-state index contributed by atoms with van der Waals surface area (Å²) in [4.78, 5) is 26.8. The lowest BCUT2D eigenvalue weighted by molar-refractivity contribution is -0.128. The van der Waals surface area contributed by atoms with Crippen LogP contribution >= 0.6 is 0 Å². The van der Waals surface area contributed by atoms with Crippen molar-refractivity contribution in [3.63, 3.8) is 0 Å². The van der Waals surface area contributed by atoms with E-state index >= 15 is 0 Å². The van der Waals surface area contributed by atoms with Crippen molar-refractivity contribution in [2.75, 3.05) is 24.0 Å². The van der Waals surface area contributed by atoms with Crippen molar-refractivity contribution in [2.24, 2.45) is 0 Å². The van der Waals surface area contributed by atoms with Crippen LogP contribution in [0.25, 0.3) is 0 Å². The normalized spacial score (nSPS) is 13.4. The molecule has 0 radical (unpaired) electrons. The number of hydrogen-bond donors (Lipinski definition) is 1. The molecule has 1 saturated heterocycles. The number of likely N-dealkylation sites (tertiary alicyclic amines) is 1. The van der Waals surface area contributed by atoms with Crippen molar-refractivity contribution in [3.8, 4) is 5.75 Å². The third kappa shape index (κ3) is 6.68. The number of amides is 2. The first kappa shape index (κ1) is 26.2.